The fourth-order valence-electron chi connectivity index (χ4n) is 1.71. The molecule has 0 radical (unpaired) electrons. The van der Waals surface area contributed by atoms with Crippen LogP contribution < -0.4 is 0 Å². The minimum atomic E-state index is 0.443. The van der Waals surface area contributed by atoms with E-state index in [1.165, 1.54) is 18.9 Å². The van der Waals surface area contributed by atoms with E-state index in [1.54, 1.807) is 0 Å². The number of halogens is 1. The van der Waals surface area contributed by atoms with Crippen LogP contribution in [0.4, 0.5) is 0 Å². The van der Waals surface area contributed by atoms with E-state index in [9.17, 15) is 0 Å². The summed E-state index contributed by atoms with van der Waals surface area (Å²) in [4.78, 5) is 4.54. The van der Waals surface area contributed by atoms with E-state index in [0.717, 1.165) is 11.5 Å². The summed E-state index contributed by atoms with van der Waals surface area (Å²) >= 11 is 4.56. The topological polar surface area (TPSA) is 13.1 Å². The first-order chi connectivity index (χ1) is 8.25. The monoisotopic (exact) mass is 420 g/mol. The van der Waals surface area contributed by atoms with E-state index < -0.39 is 0 Å². The van der Waals surface area contributed by atoms with E-state index >= 15 is 0 Å². The van der Waals surface area contributed by atoms with Crippen LogP contribution in [0.25, 0.3) is 20.2 Å². The van der Waals surface area contributed by atoms with Crippen molar-refractivity contribution in [3.05, 3.63) is 44.4 Å². The van der Waals surface area contributed by atoms with Crippen LogP contribution >= 0.6 is 15.9 Å². The van der Waals surface area contributed by atoms with Gasteiger partial charge in [-0.1, -0.05) is 0 Å². The van der Waals surface area contributed by atoms with Gasteiger partial charge in [0.2, 0.25) is 0 Å². The molecule has 0 unspecified atom stereocenters. The van der Waals surface area contributed by atoms with Crippen molar-refractivity contribution in [1.82, 2.24) is 0 Å². The Bertz CT molecular complexity index is 648. The van der Waals surface area contributed by atoms with E-state index in [-0.39, 0.29) is 0 Å². The van der Waals surface area contributed by atoms with Gasteiger partial charge in [0.15, 0.2) is 0 Å². The first-order valence-corrected chi connectivity index (χ1v) is 9.62. The molecule has 0 N–H and O–H groups in total. The van der Waals surface area contributed by atoms with Crippen molar-refractivity contribution in [3.63, 3.8) is 0 Å². The van der Waals surface area contributed by atoms with Crippen LogP contribution in [0.2, 0.25) is 0 Å². The molecule has 3 aromatic heterocycles. The van der Waals surface area contributed by atoms with Gasteiger partial charge in [0.25, 0.3) is 0 Å². The molecule has 0 bridgehead atoms. The molecule has 86 valence electrons. The molecule has 0 spiro atoms. The zero-order valence-corrected chi connectivity index (χ0v) is 14.1. The van der Waals surface area contributed by atoms with Crippen LogP contribution in [0.5, 0.6) is 0 Å². The summed E-state index contributed by atoms with van der Waals surface area (Å²) in [6, 6.07) is 8.47. The molecule has 4 heteroatoms. The van der Waals surface area contributed by atoms with Crippen molar-refractivity contribution < 1.29 is 4.42 Å². The van der Waals surface area contributed by atoms with Gasteiger partial charge in [-0.15, -0.1) is 0 Å². The second-order valence-corrected chi connectivity index (χ2v) is 8.37. The van der Waals surface area contributed by atoms with Crippen LogP contribution in [-0.2, 0) is 0 Å². The van der Waals surface area contributed by atoms with Gasteiger partial charge < -0.3 is 0 Å². The Morgan fingerprint density at radius 1 is 1.00 bits per heavy atom. The standard InChI is InChI=1S/C13H9BrOSe2/c1-8-2-3-11(15-8)9-4-6-16-12(9)13-10(14)5-7-17-13/h2-7H,1H3. The number of hydrogen-bond acceptors (Lipinski definition) is 1. The summed E-state index contributed by atoms with van der Waals surface area (Å²) in [5, 5.41) is 0. The van der Waals surface area contributed by atoms with Gasteiger partial charge in [-0.2, -0.15) is 0 Å². The number of rotatable bonds is 2. The first-order valence-electron chi connectivity index (χ1n) is 5.13. The predicted octanol–water partition coefficient (Wildman–Crippen LogP) is 3.80. The van der Waals surface area contributed by atoms with Crippen LogP contribution in [0.1, 0.15) is 5.76 Å². The molecule has 0 amide bonds. The third-order valence-electron chi connectivity index (χ3n) is 2.49. The third kappa shape index (κ3) is 2.21. The maximum atomic E-state index is 5.74. The van der Waals surface area contributed by atoms with Crippen LogP contribution in [0, 0.1) is 6.92 Å². The summed E-state index contributed by atoms with van der Waals surface area (Å²) in [7, 11) is 0. The molecular formula is C13H9BrOSe2. The maximum absolute atomic E-state index is 5.74. The molecule has 0 saturated heterocycles. The molecule has 1 nitrogen and oxygen atoms in total. The third-order valence-corrected chi connectivity index (χ3v) is 8.31. The molecule has 0 fully saturated rings. The van der Waals surface area contributed by atoms with Crippen molar-refractivity contribution in [2.45, 2.75) is 6.92 Å². The van der Waals surface area contributed by atoms with Gasteiger partial charge in [-0.25, -0.2) is 0 Å². The van der Waals surface area contributed by atoms with E-state index in [0.29, 0.717) is 29.0 Å². The minimum absolute atomic E-state index is 0.443. The van der Waals surface area contributed by atoms with E-state index in [2.05, 4.69) is 44.0 Å². The van der Waals surface area contributed by atoms with Gasteiger partial charge in [-0.05, 0) is 0 Å². The van der Waals surface area contributed by atoms with Crippen LogP contribution in [-0.4, -0.2) is 29.0 Å². The van der Waals surface area contributed by atoms with Crippen LogP contribution in [0.3, 0.4) is 0 Å². The summed E-state index contributed by atoms with van der Waals surface area (Å²) in [5.41, 5.74) is 1.27. The van der Waals surface area contributed by atoms with Crippen LogP contribution in [0.15, 0.2) is 43.0 Å². The molecule has 0 aliphatic heterocycles. The summed E-state index contributed by atoms with van der Waals surface area (Å²) < 4.78 is 9.94. The molecule has 3 aromatic rings. The molecule has 0 atom stereocenters. The normalized spacial score (nSPS) is 10.9. The molecule has 0 saturated carbocycles. The van der Waals surface area contributed by atoms with Crippen molar-refractivity contribution in [2.75, 3.05) is 0 Å². The van der Waals surface area contributed by atoms with E-state index in [1.807, 2.05) is 13.0 Å². The molecule has 0 aliphatic carbocycles. The number of hydrogen-bond donors (Lipinski definition) is 0. The van der Waals surface area contributed by atoms with Gasteiger partial charge in [0.05, 0.1) is 0 Å². The van der Waals surface area contributed by atoms with Crippen molar-refractivity contribution in [3.8, 4) is 20.2 Å². The average Bonchev–Trinajstić information content (AvgIpc) is 2.97. The number of aryl methyl sites for hydroxylation is 1. The van der Waals surface area contributed by atoms with E-state index in [4.69, 9.17) is 4.42 Å². The zero-order chi connectivity index (χ0) is 11.8. The Balaban J connectivity index is 2.15. The Morgan fingerprint density at radius 3 is 2.41 bits per heavy atom. The molecule has 17 heavy (non-hydrogen) atoms. The van der Waals surface area contributed by atoms with Gasteiger partial charge in [-0.3, -0.25) is 0 Å². The summed E-state index contributed by atoms with van der Waals surface area (Å²) in [5.74, 6) is 1.98. The number of furan rings is 1. The fourth-order valence-corrected chi connectivity index (χ4v) is 7.61. The second kappa shape index (κ2) is 4.79. The fraction of sp³-hybridized carbons (Fsp3) is 0.0769. The quantitative estimate of drug-likeness (QED) is 0.577. The second-order valence-electron chi connectivity index (χ2n) is 3.67. The zero-order valence-electron chi connectivity index (χ0n) is 9.07. The molecule has 0 aliphatic rings. The SMILES string of the molecule is Cc1ccc(-c2cc[se]c2-c2[se]ccc2Br)o1. The molecular weight excluding hydrogens is 410 g/mol. The molecule has 0 aromatic carbocycles. The average molecular weight is 419 g/mol. The summed E-state index contributed by atoms with van der Waals surface area (Å²) in [6.07, 6.45) is 0. The van der Waals surface area contributed by atoms with Crippen molar-refractivity contribution in [1.29, 1.82) is 0 Å². The van der Waals surface area contributed by atoms with Gasteiger partial charge in [0, 0.05) is 0 Å². The summed E-state index contributed by atoms with van der Waals surface area (Å²) in [6.45, 7) is 1.99. The molecule has 3 heterocycles. The molecule has 3 rings (SSSR count). The Hall–Kier alpha value is -0.241. The van der Waals surface area contributed by atoms with Crippen molar-refractivity contribution in [2.24, 2.45) is 0 Å². The Kier molecular flexibility index (Phi) is 3.34. The van der Waals surface area contributed by atoms with Gasteiger partial charge >= 0.3 is 121 Å². The Labute approximate surface area is 120 Å². The predicted molar refractivity (Wildman–Crippen MR) is 75.9 cm³/mol. The van der Waals surface area contributed by atoms with Crippen molar-refractivity contribution >= 4 is 44.9 Å². The first kappa shape index (κ1) is 11.8. The Morgan fingerprint density at radius 2 is 1.76 bits per heavy atom. The van der Waals surface area contributed by atoms with Gasteiger partial charge in [0.1, 0.15) is 0 Å².